The predicted molar refractivity (Wildman–Crippen MR) is 113 cm³/mol. The zero-order valence-corrected chi connectivity index (χ0v) is 19.0. The van der Waals surface area contributed by atoms with E-state index < -0.39 is 29.6 Å². The van der Waals surface area contributed by atoms with E-state index in [1.807, 2.05) is 40.8 Å². The number of hydrogen-bond donors (Lipinski definition) is 1. The van der Waals surface area contributed by atoms with Gasteiger partial charge in [0, 0.05) is 0 Å². The van der Waals surface area contributed by atoms with Crippen molar-refractivity contribution >= 4 is 40.6 Å². The predicted octanol–water partition coefficient (Wildman–Crippen LogP) is 2.48. The van der Waals surface area contributed by atoms with Crippen LogP contribution in [0, 0.1) is 3.57 Å². The average Bonchev–Trinajstić information content (AvgIpc) is 3.01. The fourth-order valence-electron chi connectivity index (χ4n) is 2.95. The van der Waals surface area contributed by atoms with Crippen molar-refractivity contribution in [3.8, 4) is 0 Å². The van der Waals surface area contributed by atoms with Gasteiger partial charge in [-0.3, -0.25) is 9.48 Å². The second-order valence-electron chi connectivity index (χ2n) is 7.71. The van der Waals surface area contributed by atoms with Gasteiger partial charge in [-0.25, -0.2) is 14.5 Å². The third-order valence-corrected chi connectivity index (χ3v) is 5.41. The molecule has 0 saturated carbocycles. The molecule has 0 fully saturated rings. The molecular formula is C20H22IN3O6. The van der Waals surface area contributed by atoms with E-state index in [9.17, 15) is 19.5 Å². The van der Waals surface area contributed by atoms with Gasteiger partial charge < -0.3 is 14.6 Å². The molecule has 1 N–H and O–H groups in total. The normalized spacial score (nSPS) is 16.2. The Morgan fingerprint density at radius 3 is 2.53 bits per heavy atom. The van der Waals surface area contributed by atoms with E-state index in [4.69, 9.17) is 9.47 Å². The van der Waals surface area contributed by atoms with E-state index in [1.54, 1.807) is 32.9 Å². The van der Waals surface area contributed by atoms with Crippen molar-refractivity contribution in [2.24, 2.45) is 0 Å². The summed E-state index contributed by atoms with van der Waals surface area (Å²) in [4.78, 5) is 39.6. The smallest absolute Gasteiger partial charge is 0.418 e. The van der Waals surface area contributed by atoms with Gasteiger partial charge in [0.05, 0.1) is 16.7 Å². The number of halogens is 1. The maximum atomic E-state index is 13.2. The van der Waals surface area contributed by atoms with Gasteiger partial charge in [-0.15, -0.1) is 0 Å². The molecule has 1 aliphatic heterocycles. The Morgan fingerprint density at radius 1 is 1.27 bits per heavy atom. The number of carbonyl (C=O) groups is 3. The number of aliphatic hydroxyl groups is 1. The summed E-state index contributed by atoms with van der Waals surface area (Å²) in [5.74, 6) is -1.48. The molecule has 1 aromatic carbocycles. The Morgan fingerprint density at radius 2 is 1.93 bits per heavy atom. The SMILES string of the molecule is CC(C)(C)OC(=O)N1C(=O)c2c(I)c(CO)nn2CC1C(=O)OCc1ccccc1. The number of carbonyl (C=O) groups excluding carboxylic acids is 3. The van der Waals surface area contributed by atoms with Crippen LogP contribution in [-0.2, 0) is 34.0 Å². The molecule has 3 rings (SSSR count). The summed E-state index contributed by atoms with van der Waals surface area (Å²) in [5, 5.41) is 13.7. The first kappa shape index (κ1) is 22.2. The van der Waals surface area contributed by atoms with Crippen LogP contribution < -0.4 is 0 Å². The standard InChI is InChI=1S/C20H22IN3O6/c1-20(2,3)30-19(28)24-14(18(27)29-11-12-7-5-4-6-8-12)9-23-16(17(24)26)15(21)13(10-25)22-23/h4-8,14,25H,9-11H2,1-3H3. The maximum absolute atomic E-state index is 13.2. The van der Waals surface area contributed by atoms with Crippen molar-refractivity contribution in [2.45, 2.75) is 52.2 Å². The number of nitrogens with zero attached hydrogens (tertiary/aromatic N) is 3. The third-order valence-electron chi connectivity index (χ3n) is 4.28. The molecule has 1 aliphatic rings. The van der Waals surface area contributed by atoms with Crippen molar-refractivity contribution in [2.75, 3.05) is 0 Å². The molecule has 0 spiro atoms. The lowest BCUT2D eigenvalue weighted by Crippen LogP contribution is -2.56. The van der Waals surface area contributed by atoms with Crippen molar-refractivity contribution in [3.05, 3.63) is 50.9 Å². The van der Waals surface area contributed by atoms with Gasteiger partial charge in [0.25, 0.3) is 5.91 Å². The summed E-state index contributed by atoms with van der Waals surface area (Å²) in [6, 6.07) is 7.82. The van der Waals surface area contributed by atoms with Crippen molar-refractivity contribution in [3.63, 3.8) is 0 Å². The molecule has 10 heteroatoms. The minimum absolute atomic E-state index is 0.00207. The number of ether oxygens (including phenoxy) is 2. The highest BCUT2D eigenvalue weighted by Crippen LogP contribution is 2.27. The number of aromatic nitrogens is 2. The maximum Gasteiger partial charge on any atom is 0.418 e. The second kappa shape index (κ2) is 8.72. The quantitative estimate of drug-likeness (QED) is 0.481. The molecule has 0 radical (unpaired) electrons. The van der Waals surface area contributed by atoms with Crippen LogP contribution in [0.1, 0.15) is 42.5 Å². The summed E-state index contributed by atoms with van der Waals surface area (Å²) in [6.45, 7) is 4.53. The van der Waals surface area contributed by atoms with Gasteiger partial charge in [0.2, 0.25) is 0 Å². The van der Waals surface area contributed by atoms with Gasteiger partial charge in [-0.1, -0.05) is 30.3 Å². The van der Waals surface area contributed by atoms with E-state index in [0.717, 1.165) is 10.5 Å². The van der Waals surface area contributed by atoms with E-state index in [0.29, 0.717) is 9.26 Å². The van der Waals surface area contributed by atoms with Gasteiger partial charge >= 0.3 is 12.1 Å². The van der Waals surface area contributed by atoms with Crippen LogP contribution in [0.5, 0.6) is 0 Å². The number of amides is 2. The number of hydrogen-bond acceptors (Lipinski definition) is 7. The summed E-state index contributed by atoms with van der Waals surface area (Å²) in [6.07, 6.45) is -0.942. The average molecular weight is 527 g/mol. The lowest BCUT2D eigenvalue weighted by Gasteiger charge is -2.34. The van der Waals surface area contributed by atoms with Crippen LogP contribution in [0.4, 0.5) is 4.79 Å². The number of benzene rings is 1. The van der Waals surface area contributed by atoms with Crippen molar-refractivity contribution < 1.29 is 29.0 Å². The molecule has 2 aromatic rings. The monoisotopic (exact) mass is 527 g/mol. The largest absolute Gasteiger partial charge is 0.459 e. The highest BCUT2D eigenvalue weighted by atomic mass is 127. The second-order valence-corrected chi connectivity index (χ2v) is 8.79. The molecule has 1 atom stereocenters. The highest BCUT2D eigenvalue weighted by molar-refractivity contribution is 14.1. The Kier molecular flexibility index (Phi) is 6.46. The van der Waals surface area contributed by atoms with Crippen LogP contribution in [0.25, 0.3) is 0 Å². The van der Waals surface area contributed by atoms with Crippen molar-refractivity contribution in [1.82, 2.24) is 14.7 Å². The molecule has 0 bridgehead atoms. The Balaban J connectivity index is 1.91. The highest BCUT2D eigenvalue weighted by Gasteiger charge is 2.45. The molecule has 9 nitrogen and oxygen atoms in total. The van der Waals surface area contributed by atoms with Gasteiger partial charge in [0.15, 0.2) is 6.04 Å². The molecule has 160 valence electrons. The number of fused-ring (bicyclic) bond motifs is 1. The van der Waals surface area contributed by atoms with Crippen LogP contribution in [0.15, 0.2) is 30.3 Å². The zero-order valence-electron chi connectivity index (χ0n) is 16.8. The van der Waals surface area contributed by atoms with E-state index in [1.165, 1.54) is 4.68 Å². The number of imide groups is 1. The van der Waals surface area contributed by atoms with Gasteiger partial charge in [-0.05, 0) is 48.9 Å². The lowest BCUT2D eigenvalue weighted by molar-refractivity contribution is -0.151. The Hall–Kier alpha value is -2.47. The lowest BCUT2D eigenvalue weighted by atomic mass is 10.1. The van der Waals surface area contributed by atoms with Crippen LogP contribution in [0.3, 0.4) is 0 Å². The molecule has 0 saturated heterocycles. The number of rotatable bonds is 4. The first-order valence-electron chi connectivity index (χ1n) is 9.25. The molecule has 2 heterocycles. The zero-order chi connectivity index (χ0) is 22.1. The minimum atomic E-state index is -1.24. The van der Waals surface area contributed by atoms with Crippen LogP contribution >= 0.6 is 22.6 Å². The number of esters is 1. The fourth-order valence-corrected chi connectivity index (χ4v) is 3.74. The number of aliphatic hydroxyl groups excluding tert-OH is 1. The summed E-state index contributed by atoms with van der Waals surface area (Å²) in [7, 11) is 0. The first-order chi connectivity index (χ1) is 14.1. The Labute approximate surface area is 187 Å². The summed E-state index contributed by atoms with van der Waals surface area (Å²) >= 11 is 1.89. The molecule has 1 aromatic heterocycles. The van der Waals surface area contributed by atoms with Gasteiger partial charge in [-0.2, -0.15) is 5.10 Å². The molecule has 30 heavy (non-hydrogen) atoms. The molecule has 1 unspecified atom stereocenters. The van der Waals surface area contributed by atoms with E-state index in [-0.39, 0.29) is 25.5 Å². The Bertz CT molecular complexity index is 967. The van der Waals surface area contributed by atoms with E-state index >= 15 is 0 Å². The topological polar surface area (TPSA) is 111 Å². The third kappa shape index (κ3) is 4.64. The van der Waals surface area contributed by atoms with Gasteiger partial charge in [0.1, 0.15) is 23.6 Å². The fraction of sp³-hybridized carbons (Fsp3) is 0.400. The first-order valence-corrected chi connectivity index (χ1v) is 10.3. The van der Waals surface area contributed by atoms with Crippen LogP contribution in [-0.4, -0.2) is 49.4 Å². The molecule has 2 amide bonds. The van der Waals surface area contributed by atoms with E-state index in [2.05, 4.69) is 5.10 Å². The summed E-state index contributed by atoms with van der Waals surface area (Å²) < 4.78 is 12.5. The minimum Gasteiger partial charge on any atom is -0.459 e. The van der Waals surface area contributed by atoms with Crippen LogP contribution in [0.2, 0.25) is 0 Å². The summed E-state index contributed by atoms with van der Waals surface area (Å²) in [5.41, 5.74) is 0.324. The van der Waals surface area contributed by atoms with Crippen molar-refractivity contribution in [1.29, 1.82) is 0 Å². The molecule has 0 aliphatic carbocycles. The molecular weight excluding hydrogens is 505 g/mol.